The van der Waals surface area contributed by atoms with E-state index in [0.717, 1.165) is 70.6 Å². The van der Waals surface area contributed by atoms with E-state index in [1.807, 2.05) is 6.08 Å². The molecule has 9 N–H and O–H groups in total. The van der Waals surface area contributed by atoms with Gasteiger partial charge in [-0.25, -0.2) is 0 Å². The third-order valence-electron chi connectivity index (χ3n) is 12.0. The number of aliphatic hydroxyl groups excluding tert-OH is 8. The van der Waals surface area contributed by atoms with E-state index in [1.54, 1.807) is 6.08 Å². The second-order valence-electron chi connectivity index (χ2n) is 17.6. The Morgan fingerprint density at radius 2 is 1.03 bits per heavy atom. The Bertz CT molecular complexity index is 1260. The average molecular weight is 912 g/mol. The normalized spacial score (nSPS) is 27.7. The lowest BCUT2D eigenvalue weighted by Crippen LogP contribution is -2.65. The average Bonchev–Trinajstić information content (AvgIpc) is 3.29. The summed E-state index contributed by atoms with van der Waals surface area (Å²) < 4.78 is 22.6. The predicted molar refractivity (Wildman–Crippen MR) is 249 cm³/mol. The molecular weight excluding hydrogens is 823 g/mol. The van der Waals surface area contributed by atoms with Crippen molar-refractivity contribution >= 4 is 5.91 Å². The maximum absolute atomic E-state index is 13.1. The van der Waals surface area contributed by atoms with E-state index < -0.39 is 86.8 Å². The molecule has 0 aromatic heterocycles. The molecule has 0 spiro atoms. The highest BCUT2D eigenvalue weighted by molar-refractivity contribution is 5.76. The van der Waals surface area contributed by atoms with Crippen LogP contribution in [0.5, 0.6) is 0 Å². The number of aliphatic hydroxyl groups is 8. The molecule has 372 valence electrons. The van der Waals surface area contributed by atoms with Gasteiger partial charge in [0.1, 0.15) is 48.8 Å². The maximum Gasteiger partial charge on any atom is 0.220 e. The van der Waals surface area contributed by atoms with Crippen LogP contribution < -0.4 is 5.32 Å². The van der Waals surface area contributed by atoms with E-state index in [2.05, 4.69) is 55.6 Å². The number of nitrogens with one attached hydrogen (secondary N) is 1. The summed E-state index contributed by atoms with van der Waals surface area (Å²) in [5, 5.41) is 86.3. The van der Waals surface area contributed by atoms with Crippen LogP contribution in [0.15, 0.2) is 48.6 Å². The highest BCUT2D eigenvalue weighted by Crippen LogP contribution is 2.30. The Labute approximate surface area is 384 Å². The number of hydrogen-bond acceptors (Lipinski definition) is 13. The highest BCUT2D eigenvalue weighted by Gasteiger charge is 2.51. The third kappa shape index (κ3) is 24.1. The molecule has 0 aromatic carbocycles. The van der Waals surface area contributed by atoms with Crippen LogP contribution in [-0.2, 0) is 23.7 Å². The molecule has 0 aliphatic carbocycles. The van der Waals surface area contributed by atoms with E-state index in [0.29, 0.717) is 6.42 Å². The second kappa shape index (κ2) is 37.0. The van der Waals surface area contributed by atoms with Gasteiger partial charge >= 0.3 is 0 Å². The zero-order valence-corrected chi connectivity index (χ0v) is 39.3. The zero-order valence-electron chi connectivity index (χ0n) is 39.3. The van der Waals surface area contributed by atoms with Crippen LogP contribution in [0.2, 0.25) is 0 Å². The summed E-state index contributed by atoms with van der Waals surface area (Å²) in [6.45, 7) is 2.68. The van der Waals surface area contributed by atoms with Crippen molar-refractivity contribution in [2.45, 2.75) is 242 Å². The molecule has 14 heteroatoms. The molecule has 0 bridgehead atoms. The number of unbranched alkanes of at least 4 members (excludes halogenated alkanes) is 18. The predicted octanol–water partition coefficient (Wildman–Crippen LogP) is 6.10. The lowest BCUT2D eigenvalue weighted by atomic mass is 9.97. The summed E-state index contributed by atoms with van der Waals surface area (Å²) >= 11 is 0. The number of carbonyl (C=O) groups excluding carboxylic acids is 1. The van der Waals surface area contributed by atoms with Gasteiger partial charge in [0.15, 0.2) is 12.6 Å². The fourth-order valence-electron chi connectivity index (χ4n) is 7.88. The quantitative estimate of drug-likeness (QED) is 0.0254. The lowest BCUT2D eigenvalue weighted by molar-refractivity contribution is -0.359. The summed E-state index contributed by atoms with van der Waals surface area (Å²) in [6, 6.07) is -0.916. The Morgan fingerprint density at radius 3 is 1.58 bits per heavy atom. The van der Waals surface area contributed by atoms with Gasteiger partial charge in [-0.05, 0) is 57.8 Å². The van der Waals surface area contributed by atoms with Gasteiger partial charge in [-0.15, -0.1) is 0 Å². The van der Waals surface area contributed by atoms with Gasteiger partial charge in [-0.1, -0.05) is 152 Å². The molecule has 2 saturated heterocycles. The Kier molecular flexibility index (Phi) is 33.6. The first-order valence-electron chi connectivity index (χ1n) is 24.9. The number of hydrogen-bond donors (Lipinski definition) is 9. The smallest absolute Gasteiger partial charge is 0.220 e. The van der Waals surface area contributed by atoms with Crippen molar-refractivity contribution in [3.63, 3.8) is 0 Å². The van der Waals surface area contributed by atoms with Crippen molar-refractivity contribution in [3.8, 4) is 0 Å². The molecule has 12 atom stereocenters. The van der Waals surface area contributed by atoms with Gasteiger partial charge in [-0.3, -0.25) is 4.79 Å². The minimum Gasteiger partial charge on any atom is -0.394 e. The maximum atomic E-state index is 13.1. The Morgan fingerprint density at radius 1 is 0.562 bits per heavy atom. The van der Waals surface area contributed by atoms with Crippen LogP contribution >= 0.6 is 0 Å². The van der Waals surface area contributed by atoms with Crippen LogP contribution in [0.3, 0.4) is 0 Å². The molecule has 0 saturated carbocycles. The summed E-state index contributed by atoms with van der Waals surface area (Å²) in [7, 11) is 0. The summed E-state index contributed by atoms with van der Waals surface area (Å²) in [4.78, 5) is 13.1. The van der Waals surface area contributed by atoms with Crippen molar-refractivity contribution in [1.82, 2.24) is 5.32 Å². The van der Waals surface area contributed by atoms with Crippen LogP contribution in [0.1, 0.15) is 168 Å². The monoisotopic (exact) mass is 912 g/mol. The van der Waals surface area contributed by atoms with Crippen molar-refractivity contribution in [2.75, 3.05) is 19.8 Å². The van der Waals surface area contributed by atoms with Gasteiger partial charge in [0.05, 0.1) is 32.0 Å². The van der Waals surface area contributed by atoms with E-state index in [1.165, 1.54) is 70.6 Å². The first kappa shape index (κ1) is 58.1. The molecule has 2 rings (SSSR count). The number of rotatable bonds is 37. The number of amides is 1. The Hall–Kier alpha value is -2.05. The van der Waals surface area contributed by atoms with Gasteiger partial charge < -0.3 is 65.1 Å². The van der Waals surface area contributed by atoms with E-state index >= 15 is 0 Å². The van der Waals surface area contributed by atoms with Crippen molar-refractivity contribution in [2.24, 2.45) is 0 Å². The topological polar surface area (TPSA) is 228 Å². The minimum atomic E-state index is -1.79. The molecule has 12 unspecified atom stereocenters. The van der Waals surface area contributed by atoms with Crippen molar-refractivity contribution < 1.29 is 64.6 Å². The molecule has 64 heavy (non-hydrogen) atoms. The summed E-state index contributed by atoms with van der Waals surface area (Å²) in [6.07, 6.45) is 26.1. The van der Waals surface area contributed by atoms with Crippen LogP contribution in [0, 0.1) is 0 Å². The molecule has 1 amide bonds. The van der Waals surface area contributed by atoms with Crippen molar-refractivity contribution in [3.05, 3.63) is 48.6 Å². The molecule has 0 radical (unpaired) electrons. The Balaban J connectivity index is 1.75. The third-order valence-corrected chi connectivity index (χ3v) is 12.0. The second-order valence-corrected chi connectivity index (χ2v) is 17.6. The van der Waals surface area contributed by atoms with Crippen molar-refractivity contribution in [1.29, 1.82) is 0 Å². The zero-order chi connectivity index (χ0) is 46.8. The molecule has 2 fully saturated rings. The molecular formula is C50H89NO13. The number of allylic oxidation sites excluding steroid dienone is 7. The van der Waals surface area contributed by atoms with Crippen LogP contribution in [0.25, 0.3) is 0 Å². The fourth-order valence-corrected chi connectivity index (χ4v) is 7.88. The molecule has 2 heterocycles. The first-order valence-corrected chi connectivity index (χ1v) is 24.9. The van der Waals surface area contributed by atoms with Crippen LogP contribution in [0.4, 0.5) is 0 Å². The van der Waals surface area contributed by atoms with Gasteiger partial charge in [-0.2, -0.15) is 0 Å². The van der Waals surface area contributed by atoms with Gasteiger partial charge in [0.2, 0.25) is 5.91 Å². The summed E-state index contributed by atoms with van der Waals surface area (Å²) in [5.74, 6) is -0.254. The van der Waals surface area contributed by atoms with E-state index in [9.17, 15) is 45.6 Å². The minimum absolute atomic E-state index is 0.254. The first-order chi connectivity index (χ1) is 31.1. The van der Waals surface area contributed by atoms with E-state index in [4.69, 9.17) is 18.9 Å². The summed E-state index contributed by atoms with van der Waals surface area (Å²) in [5.41, 5.74) is 0. The van der Waals surface area contributed by atoms with E-state index in [-0.39, 0.29) is 18.9 Å². The standard InChI is InChI=1S/C50H89NO13/c1-3-5-7-9-11-12-13-14-15-16-17-18-19-20-21-22-23-24-25-26-28-30-32-34-42(55)51-38(39(54)33-31-29-27-10-8-6-4-2)37-61-49-47(60)45(58)48(41(36-53)63-49)64-50-46(59)44(57)43(56)40(35-52)62-50/h13-14,16-17,19-20,31,33,38-41,43-50,52-54,56-60H,3-12,15,18,21-30,32,34-37H2,1-2H3,(H,51,55)/b14-13-,17-16-,20-19-,33-31+. The SMILES string of the molecule is CCCCCCC/C=C\C/C=C\C/C=C\CCCCCCCCCCC(=O)NC(COC1OC(CO)C(OC2OC(CO)C(O)C(O)C2O)C(O)C1O)C(O)/C=C/CCCCCCC. The number of carbonyl (C=O) groups is 1. The van der Waals surface area contributed by atoms with Crippen LogP contribution in [-0.4, -0.2) is 140 Å². The molecule has 2 aliphatic heterocycles. The largest absolute Gasteiger partial charge is 0.394 e. The lowest BCUT2D eigenvalue weighted by Gasteiger charge is -2.46. The van der Waals surface area contributed by atoms with Gasteiger partial charge in [0, 0.05) is 6.42 Å². The molecule has 14 nitrogen and oxygen atoms in total. The molecule has 0 aromatic rings. The highest BCUT2D eigenvalue weighted by atomic mass is 16.7. The molecule has 2 aliphatic rings. The fraction of sp³-hybridized carbons (Fsp3) is 0.820. The van der Waals surface area contributed by atoms with Gasteiger partial charge in [0.25, 0.3) is 0 Å². The number of ether oxygens (including phenoxy) is 4.